The summed E-state index contributed by atoms with van der Waals surface area (Å²) in [5, 5.41) is 12.4. The molecule has 0 radical (unpaired) electrons. The molecule has 6 nitrogen and oxygen atoms in total. The molecule has 0 bridgehead atoms. The lowest BCUT2D eigenvalue weighted by Crippen LogP contribution is -2.47. The number of phenolic OH excluding ortho intramolecular Hbond substituents is 1. The maximum atomic E-state index is 12.3. The molecule has 22 heavy (non-hydrogen) atoms. The number of nitrogens with zero attached hydrogens (tertiary/aromatic N) is 1. The van der Waals surface area contributed by atoms with Crippen molar-refractivity contribution >= 4 is 23.6 Å². The van der Waals surface area contributed by atoms with E-state index < -0.39 is 6.04 Å². The number of thioether (sulfide) groups is 1. The molecule has 0 spiro atoms. The van der Waals surface area contributed by atoms with E-state index >= 15 is 0 Å². The molecule has 0 saturated carbocycles. The first-order chi connectivity index (χ1) is 10.6. The first-order valence-corrected chi connectivity index (χ1v) is 8.06. The van der Waals surface area contributed by atoms with Crippen molar-refractivity contribution in [2.24, 2.45) is 0 Å². The van der Waals surface area contributed by atoms with Crippen LogP contribution in [0.3, 0.4) is 0 Å². The van der Waals surface area contributed by atoms with Crippen LogP contribution in [0.1, 0.15) is 17.9 Å². The zero-order valence-electron chi connectivity index (χ0n) is 12.6. The zero-order chi connectivity index (χ0) is 16.1. The molecule has 2 unspecified atom stereocenters. The number of hydrogen-bond acceptors (Lipinski definition) is 5. The Balaban J connectivity index is 2.16. The Bertz CT molecular complexity index is 552. The standard InChI is InChI=1S/C15H20N2O4S/c1-10(18)17-12(14(20)16-7-8-21-2)9-22-15(17)11-5-3-4-6-13(11)19/h3-6,12,15,19H,7-9H2,1-2H3,(H,16,20). The Morgan fingerprint density at radius 2 is 2.18 bits per heavy atom. The lowest BCUT2D eigenvalue weighted by atomic mass is 10.1. The highest BCUT2D eigenvalue weighted by Crippen LogP contribution is 2.44. The fraction of sp³-hybridized carbons (Fsp3) is 0.467. The maximum Gasteiger partial charge on any atom is 0.243 e. The van der Waals surface area contributed by atoms with Crippen LogP contribution in [0.5, 0.6) is 5.75 Å². The lowest BCUT2D eigenvalue weighted by molar-refractivity contribution is -0.138. The van der Waals surface area contributed by atoms with E-state index in [1.807, 2.05) is 0 Å². The number of aromatic hydroxyl groups is 1. The summed E-state index contributed by atoms with van der Waals surface area (Å²) < 4.78 is 4.90. The normalized spacial score (nSPS) is 20.9. The van der Waals surface area contributed by atoms with Gasteiger partial charge in [0.1, 0.15) is 17.2 Å². The third-order valence-corrected chi connectivity index (χ3v) is 4.78. The summed E-state index contributed by atoms with van der Waals surface area (Å²) >= 11 is 1.47. The van der Waals surface area contributed by atoms with Crippen molar-refractivity contribution in [3.8, 4) is 5.75 Å². The van der Waals surface area contributed by atoms with Gasteiger partial charge < -0.3 is 20.1 Å². The molecular formula is C15H20N2O4S. The second-order valence-electron chi connectivity index (χ2n) is 4.97. The second kappa shape index (κ2) is 7.51. The summed E-state index contributed by atoms with van der Waals surface area (Å²) in [6.45, 7) is 2.27. The van der Waals surface area contributed by atoms with Crippen LogP contribution in [-0.2, 0) is 14.3 Å². The van der Waals surface area contributed by atoms with E-state index in [0.29, 0.717) is 24.5 Å². The van der Waals surface area contributed by atoms with E-state index in [0.717, 1.165) is 0 Å². The van der Waals surface area contributed by atoms with Crippen LogP contribution in [0.25, 0.3) is 0 Å². The monoisotopic (exact) mass is 324 g/mol. The molecule has 0 aromatic heterocycles. The number of rotatable bonds is 5. The Kier molecular flexibility index (Phi) is 5.68. The average Bonchev–Trinajstić information content (AvgIpc) is 2.93. The zero-order valence-corrected chi connectivity index (χ0v) is 13.4. The fourth-order valence-corrected chi connectivity index (χ4v) is 3.93. The molecule has 1 aromatic rings. The minimum atomic E-state index is -0.538. The van der Waals surface area contributed by atoms with E-state index in [-0.39, 0.29) is 22.9 Å². The van der Waals surface area contributed by atoms with Crippen LogP contribution >= 0.6 is 11.8 Å². The van der Waals surface area contributed by atoms with Crippen molar-refractivity contribution in [1.29, 1.82) is 0 Å². The summed E-state index contributed by atoms with van der Waals surface area (Å²) in [7, 11) is 1.56. The first-order valence-electron chi connectivity index (χ1n) is 7.01. The number of amides is 2. The van der Waals surface area contributed by atoms with Crippen LogP contribution in [0.2, 0.25) is 0 Å². The molecular weight excluding hydrogens is 304 g/mol. The highest BCUT2D eigenvalue weighted by molar-refractivity contribution is 7.99. The third-order valence-electron chi connectivity index (χ3n) is 3.47. The van der Waals surface area contributed by atoms with Crippen molar-refractivity contribution in [2.45, 2.75) is 18.3 Å². The summed E-state index contributed by atoms with van der Waals surface area (Å²) in [6.07, 6.45) is 0. The number of phenols is 1. The van der Waals surface area contributed by atoms with Gasteiger partial charge in [0.2, 0.25) is 11.8 Å². The first kappa shape index (κ1) is 16.6. The van der Waals surface area contributed by atoms with Gasteiger partial charge >= 0.3 is 0 Å². The maximum absolute atomic E-state index is 12.3. The van der Waals surface area contributed by atoms with E-state index in [4.69, 9.17) is 4.74 Å². The molecule has 2 rings (SSSR count). The number of nitrogens with one attached hydrogen (secondary N) is 1. The molecule has 1 heterocycles. The molecule has 2 amide bonds. The van der Waals surface area contributed by atoms with Gasteiger partial charge in [0.15, 0.2) is 0 Å². The quantitative estimate of drug-likeness (QED) is 0.794. The molecule has 1 fully saturated rings. The molecule has 1 aromatic carbocycles. The average molecular weight is 324 g/mol. The summed E-state index contributed by atoms with van der Waals surface area (Å²) in [5.74, 6) is 0.242. The van der Waals surface area contributed by atoms with E-state index in [1.54, 1.807) is 31.4 Å². The van der Waals surface area contributed by atoms with Crippen LogP contribution < -0.4 is 5.32 Å². The summed E-state index contributed by atoms with van der Waals surface area (Å²) in [6, 6.07) is 6.35. The van der Waals surface area contributed by atoms with Crippen molar-refractivity contribution in [1.82, 2.24) is 10.2 Å². The topological polar surface area (TPSA) is 78.9 Å². The molecule has 7 heteroatoms. The number of ether oxygens (including phenoxy) is 1. The molecule has 1 saturated heterocycles. The number of carbonyl (C=O) groups excluding carboxylic acids is 2. The predicted octanol–water partition coefficient (Wildman–Crippen LogP) is 1.12. The van der Waals surface area contributed by atoms with E-state index in [2.05, 4.69) is 5.32 Å². The van der Waals surface area contributed by atoms with Gasteiger partial charge in [-0.1, -0.05) is 18.2 Å². The third kappa shape index (κ3) is 3.53. The van der Waals surface area contributed by atoms with Crippen LogP contribution in [0, 0.1) is 0 Å². The molecule has 120 valence electrons. The molecule has 2 N–H and O–H groups in total. The van der Waals surface area contributed by atoms with Crippen molar-refractivity contribution in [3.63, 3.8) is 0 Å². The SMILES string of the molecule is COCCNC(=O)C1CSC(c2ccccc2O)N1C(C)=O. The van der Waals surface area contributed by atoms with Crippen LogP contribution in [0.4, 0.5) is 0 Å². The van der Waals surface area contributed by atoms with Crippen molar-refractivity contribution in [2.75, 3.05) is 26.0 Å². The Morgan fingerprint density at radius 1 is 1.45 bits per heavy atom. The predicted molar refractivity (Wildman–Crippen MR) is 84.5 cm³/mol. The number of hydrogen-bond donors (Lipinski definition) is 2. The number of methoxy groups -OCH3 is 1. The van der Waals surface area contributed by atoms with Gasteiger partial charge in [-0.2, -0.15) is 0 Å². The summed E-state index contributed by atoms with van der Waals surface area (Å²) in [5.41, 5.74) is 0.648. The number of para-hydroxylation sites is 1. The van der Waals surface area contributed by atoms with Gasteiger partial charge in [-0.15, -0.1) is 11.8 Å². The smallest absolute Gasteiger partial charge is 0.243 e. The number of benzene rings is 1. The summed E-state index contributed by atoms with van der Waals surface area (Å²) in [4.78, 5) is 25.8. The van der Waals surface area contributed by atoms with E-state index in [1.165, 1.54) is 23.6 Å². The van der Waals surface area contributed by atoms with Gasteiger partial charge in [0.25, 0.3) is 0 Å². The number of carbonyl (C=O) groups is 2. The van der Waals surface area contributed by atoms with Gasteiger partial charge in [-0.05, 0) is 6.07 Å². The molecule has 2 atom stereocenters. The highest BCUT2D eigenvalue weighted by atomic mass is 32.2. The fourth-order valence-electron chi connectivity index (χ4n) is 2.42. The largest absolute Gasteiger partial charge is 0.508 e. The van der Waals surface area contributed by atoms with Gasteiger partial charge in [0, 0.05) is 31.9 Å². The molecule has 1 aliphatic rings. The van der Waals surface area contributed by atoms with Crippen LogP contribution in [-0.4, -0.2) is 53.9 Å². The van der Waals surface area contributed by atoms with E-state index in [9.17, 15) is 14.7 Å². The van der Waals surface area contributed by atoms with Gasteiger partial charge in [0.05, 0.1) is 6.61 Å². The van der Waals surface area contributed by atoms with Gasteiger partial charge in [-0.3, -0.25) is 9.59 Å². The van der Waals surface area contributed by atoms with Crippen molar-refractivity contribution < 1.29 is 19.4 Å². The minimum Gasteiger partial charge on any atom is -0.508 e. The molecule has 1 aliphatic heterocycles. The van der Waals surface area contributed by atoms with Crippen LogP contribution in [0.15, 0.2) is 24.3 Å². The molecule has 0 aliphatic carbocycles. The second-order valence-corrected chi connectivity index (χ2v) is 6.08. The minimum absolute atomic E-state index is 0.131. The Morgan fingerprint density at radius 3 is 2.82 bits per heavy atom. The highest BCUT2D eigenvalue weighted by Gasteiger charge is 2.41. The van der Waals surface area contributed by atoms with Crippen molar-refractivity contribution in [3.05, 3.63) is 29.8 Å². The Hall–Kier alpha value is -1.73. The van der Waals surface area contributed by atoms with Gasteiger partial charge in [-0.25, -0.2) is 0 Å². The Labute approximate surface area is 133 Å². The lowest BCUT2D eigenvalue weighted by Gasteiger charge is -2.28.